The van der Waals surface area contributed by atoms with E-state index in [0.717, 1.165) is 44.9 Å². The third-order valence-corrected chi connectivity index (χ3v) is 7.83. The molecule has 3 fully saturated rings. The molecule has 0 spiro atoms. The molecule has 7 heteroatoms. The fourth-order valence-corrected chi connectivity index (χ4v) is 5.98. The van der Waals surface area contributed by atoms with Gasteiger partial charge >= 0.3 is 0 Å². The molecule has 0 unspecified atom stereocenters. The molecule has 2 aliphatic carbocycles. The van der Waals surface area contributed by atoms with Crippen LogP contribution >= 0.6 is 0 Å². The number of carbonyl (C=O) groups excluding carboxylic acids is 1. The standard InChI is InChI=1S/C23H34N2O4S/c1-30(27,28)24-21-14-15-25(23(26)19-8-5-9-19)22(21)16-29-20-12-10-18(11-13-20)17-6-3-2-4-7-17/h2-4,6-7,18-22,24H,5,8-16H2,1H3/t18?,20?,21-,22-/m0/s1. The minimum absolute atomic E-state index is 0.116. The molecule has 30 heavy (non-hydrogen) atoms. The lowest BCUT2D eigenvalue weighted by Gasteiger charge is -2.35. The molecule has 6 nitrogen and oxygen atoms in total. The van der Waals surface area contributed by atoms with E-state index in [1.54, 1.807) is 0 Å². The van der Waals surface area contributed by atoms with E-state index >= 15 is 0 Å². The van der Waals surface area contributed by atoms with E-state index in [0.29, 0.717) is 25.5 Å². The van der Waals surface area contributed by atoms with E-state index in [-0.39, 0.29) is 30.0 Å². The number of likely N-dealkylation sites (tertiary alicyclic amines) is 1. The summed E-state index contributed by atoms with van der Waals surface area (Å²) >= 11 is 0. The van der Waals surface area contributed by atoms with Crippen molar-refractivity contribution in [3.63, 3.8) is 0 Å². The van der Waals surface area contributed by atoms with Crippen LogP contribution in [0.15, 0.2) is 30.3 Å². The Morgan fingerprint density at radius 3 is 2.37 bits per heavy atom. The van der Waals surface area contributed by atoms with Crippen molar-refractivity contribution in [2.24, 2.45) is 5.92 Å². The van der Waals surface area contributed by atoms with Gasteiger partial charge in [0.05, 0.1) is 25.0 Å². The van der Waals surface area contributed by atoms with Crippen molar-refractivity contribution in [2.75, 3.05) is 19.4 Å². The fraction of sp³-hybridized carbons (Fsp3) is 0.696. The number of benzene rings is 1. The molecule has 0 bridgehead atoms. The SMILES string of the molecule is CS(=O)(=O)N[C@H]1CCN(C(=O)C2CCC2)[C@H]1COC1CCC(c2ccccc2)CC1. The quantitative estimate of drug-likeness (QED) is 0.716. The number of hydrogen-bond acceptors (Lipinski definition) is 4. The van der Waals surface area contributed by atoms with Crippen molar-refractivity contribution < 1.29 is 17.9 Å². The maximum atomic E-state index is 12.9. The highest BCUT2D eigenvalue weighted by Crippen LogP contribution is 2.35. The van der Waals surface area contributed by atoms with Crippen molar-refractivity contribution >= 4 is 15.9 Å². The lowest BCUT2D eigenvalue weighted by Crippen LogP contribution is -2.51. The van der Waals surface area contributed by atoms with Crippen LogP contribution < -0.4 is 4.72 Å². The average molecular weight is 435 g/mol. The first-order valence-electron chi connectivity index (χ1n) is 11.3. The molecule has 1 amide bonds. The van der Waals surface area contributed by atoms with Crippen molar-refractivity contribution in [3.8, 4) is 0 Å². The molecule has 1 saturated heterocycles. The summed E-state index contributed by atoms with van der Waals surface area (Å²) in [4.78, 5) is 14.8. The largest absolute Gasteiger partial charge is 0.376 e. The minimum Gasteiger partial charge on any atom is -0.376 e. The zero-order valence-electron chi connectivity index (χ0n) is 17.8. The Bertz CT molecular complexity index is 817. The van der Waals surface area contributed by atoms with Crippen LogP contribution in [0.2, 0.25) is 0 Å². The summed E-state index contributed by atoms with van der Waals surface area (Å²) in [7, 11) is -3.33. The summed E-state index contributed by atoms with van der Waals surface area (Å²) in [6.07, 6.45) is 9.27. The first-order chi connectivity index (χ1) is 14.4. The highest BCUT2D eigenvalue weighted by atomic mass is 32.2. The predicted molar refractivity (Wildman–Crippen MR) is 117 cm³/mol. The van der Waals surface area contributed by atoms with E-state index in [4.69, 9.17) is 4.74 Å². The molecule has 1 aromatic rings. The van der Waals surface area contributed by atoms with Gasteiger partial charge in [-0.05, 0) is 56.4 Å². The van der Waals surface area contributed by atoms with E-state index in [1.165, 1.54) is 11.8 Å². The minimum atomic E-state index is -3.33. The van der Waals surface area contributed by atoms with E-state index in [1.807, 2.05) is 4.90 Å². The fourth-order valence-electron chi connectivity index (χ4n) is 5.16. The summed E-state index contributed by atoms with van der Waals surface area (Å²) in [5.41, 5.74) is 1.40. The van der Waals surface area contributed by atoms with Crippen molar-refractivity contribution in [1.82, 2.24) is 9.62 Å². The molecule has 0 radical (unpaired) electrons. The molecule has 2 saturated carbocycles. The first kappa shape index (κ1) is 21.8. The van der Waals surface area contributed by atoms with E-state index < -0.39 is 10.0 Å². The van der Waals surface area contributed by atoms with Gasteiger partial charge in [0.1, 0.15) is 0 Å². The second-order valence-corrected chi connectivity index (χ2v) is 11.0. The molecule has 0 aromatic heterocycles. The number of rotatable bonds is 7. The number of sulfonamides is 1. The van der Waals surface area contributed by atoms with Crippen LogP contribution in [0.3, 0.4) is 0 Å². The van der Waals surface area contributed by atoms with Gasteiger partial charge in [-0.1, -0.05) is 36.8 Å². The maximum Gasteiger partial charge on any atom is 0.226 e. The van der Waals surface area contributed by atoms with Gasteiger partial charge in [0.15, 0.2) is 0 Å². The average Bonchev–Trinajstić information content (AvgIpc) is 3.07. The summed E-state index contributed by atoms with van der Waals surface area (Å²) < 4.78 is 32.7. The van der Waals surface area contributed by atoms with Gasteiger partial charge in [-0.15, -0.1) is 0 Å². The number of amides is 1. The van der Waals surface area contributed by atoms with Gasteiger partial charge in [-0.25, -0.2) is 13.1 Å². The number of nitrogens with one attached hydrogen (secondary N) is 1. The zero-order chi connectivity index (χ0) is 21.1. The van der Waals surface area contributed by atoms with Gasteiger partial charge in [0, 0.05) is 18.5 Å². The predicted octanol–water partition coefficient (Wildman–Crippen LogP) is 3.05. The highest BCUT2D eigenvalue weighted by molar-refractivity contribution is 7.88. The van der Waals surface area contributed by atoms with Crippen LogP contribution in [-0.4, -0.2) is 56.8 Å². The molecular weight excluding hydrogens is 400 g/mol. The summed E-state index contributed by atoms with van der Waals surface area (Å²) in [6, 6.07) is 10.2. The summed E-state index contributed by atoms with van der Waals surface area (Å²) in [6.45, 7) is 1.02. The molecule has 1 heterocycles. The number of carbonyl (C=O) groups is 1. The Morgan fingerprint density at radius 2 is 1.77 bits per heavy atom. The van der Waals surface area contributed by atoms with Gasteiger partial charge < -0.3 is 9.64 Å². The molecule has 1 N–H and O–H groups in total. The molecule has 166 valence electrons. The van der Waals surface area contributed by atoms with Gasteiger partial charge in [-0.2, -0.15) is 0 Å². The summed E-state index contributed by atoms with van der Waals surface area (Å²) in [5, 5.41) is 0. The van der Waals surface area contributed by atoms with Gasteiger partial charge in [0.2, 0.25) is 15.9 Å². The zero-order valence-corrected chi connectivity index (χ0v) is 18.6. The molecule has 2 atom stereocenters. The van der Waals surface area contributed by atoms with Crippen LogP contribution in [0.5, 0.6) is 0 Å². The molecule has 1 aliphatic heterocycles. The van der Waals surface area contributed by atoms with E-state index in [9.17, 15) is 13.2 Å². The van der Waals surface area contributed by atoms with Crippen LogP contribution in [0.1, 0.15) is 62.8 Å². The second-order valence-electron chi connectivity index (χ2n) is 9.23. The Hall–Kier alpha value is -1.44. The van der Waals surface area contributed by atoms with Crippen LogP contribution in [0.25, 0.3) is 0 Å². The Balaban J connectivity index is 1.34. The topological polar surface area (TPSA) is 75.7 Å². The van der Waals surface area contributed by atoms with Crippen LogP contribution in [0.4, 0.5) is 0 Å². The Labute approximate surface area is 180 Å². The molecule has 4 rings (SSSR count). The molecule has 3 aliphatic rings. The first-order valence-corrected chi connectivity index (χ1v) is 13.2. The smallest absolute Gasteiger partial charge is 0.226 e. The van der Waals surface area contributed by atoms with Crippen LogP contribution in [-0.2, 0) is 19.6 Å². The molecule has 1 aromatic carbocycles. The number of nitrogens with zero attached hydrogens (tertiary/aromatic N) is 1. The number of ether oxygens (including phenoxy) is 1. The highest BCUT2D eigenvalue weighted by Gasteiger charge is 2.42. The summed E-state index contributed by atoms with van der Waals surface area (Å²) in [5.74, 6) is 0.889. The maximum absolute atomic E-state index is 12.9. The third-order valence-electron chi connectivity index (χ3n) is 7.10. The van der Waals surface area contributed by atoms with Crippen molar-refractivity contribution in [1.29, 1.82) is 0 Å². The normalized spacial score (nSPS) is 30.2. The third kappa shape index (κ3) is 5.24. The monoisotopic (exact) mass is 434 g/mol. The van der Waals surface area contributed by atoms with Crippen LogP contribution in [0, 0.1) is 5.92 Å². The van der Waals surface area contributed by atoms with Gasteiger partial charge in [0.25, 0.3) is 0 Å². The Kier molecular flexibility index (Phi) is 6.80. The Morgan fingerprint density at radius 1 is 1.07 bits per heavy atom. The van der Waals surface area contributed by atoms with Gasteiger partial charge in [-0.3, -0.25) is 4.79 Å². The van der Waals surface area contributed by atoms with Crippen molar-refractivity contribution in [3.05, 3.63) is 35.9 Å². The second kappa shape index (κ2) is 9.37. The number of hydrogen-bond donors (Lipinski definition) is 1. The van der Waals surface area contributed by atoms with E-state index in [2.05, 4.69) is 35.1 Å². The van der Waals surface area contributed by atoms with Crippen molar-refractivity contribution in [2.45, 2.75) is 75.5 Å². The lowest BCUT2D eigenvalue weighted by molar-refractivity contribution is -0.141. The molecular formula is C23H34N2O4S. The lowest BCUT2D eigenvalue weighted by atomic mass is 9.83.